The van der Waals surface area contributed by atoms with Crippen molar-refractivity contribution >= 4 is 16.8 Å². The second-order valence-corrected chi connectivity index (χ2v) is 6.19. The van der Waals surface area contributed by atoms with E-state index in [9.17, 15) is 4.79 Å². The SMILES string of the molecule is COc1ccc(CC(=O)N2CCn3c(cc4ccccc43)C2)cc1. The molecular weight excluding hydrogens is 300 g/mol. The molecule has 0 N–H and O–H groups in total. The summed E-state index contributed by atoms with van der Waals surface area (Å²) in [6.45, 7) is 2.31. The van der Waals surface area contributed by atoms with Gasteiger partial charge in [-0.1, -0.05) is 30.3 Å². The second kappa shape index (κ2) is 6.04. The van der Waals surface area contributed by atoms with E-state index in [4.69, 9.17) is 4.74 Å². The summed E-state index contributed by atoms with van der Waals surface area (Å²) in [6, 6.07) is 18.3. The van der Waals surface area contributed by atoms with E-state index in [-0.39, 0.29) is 5.91 Å². The standard InChI is InChI=1S/C20H20N2O2/c1-24-18-8-6-15(7-9-18)12-20(23)21-10-11-22-17(14-21)13-16-4-2-3-5-19(16)22/h2-9,13H,10-12,14H2,1H3. The Morgan fingerprint density at radius 3 is 2.67 bits per heavy atom. The van der Waals surface area contributed by atoms with Crippen LogP contribution in [0, 0.1) is 0 Å². The molecule has 0 radical (unpaired) electrons. The maximum atomic E-state index is 12.6. The number of ether oxygens (including phenoxy) is 1. The van der Waals surface area contributed by atoms with Crippen molar-refractivity contribution in [3.63, 3.8) is 0 Å². The average molecular weight is 320 g/mol. The largest absolute Gasteiger partial charge is 0.497 e. The maximum Gasteiger partial charge on any atom is 0.227 e. The van der Waals surface area contributed by atoms with Crippen LogP contribution >= 0.6 is 0 Å². The number of aromatic nitrogens is 1. The zero-order valence-electron chi connectivity index (χ0n) is 13.7. The zero-order valence-corrected chi connectivity index (χ0v) is 13.7. The van der Waals surface area contributed by atoms with Gasteiger partial charge in [-0.3, -0.25) is 4.79 Å². The summed E-state index contributed by atoms with van der Waals surface area (Å²) in [5.41, 5.74) is 3.49. The Morgan fingerprint density at radius 1 is 1.08 bits per heavy atom. The number of amides is 1. The molecule has 4 nitrogen and oxygen atoms in total. The third-order valence-corrected chi connectivity index (χ3v) is 4.71. The van der Waals surface area contributed by atoms with Crippen LogP contribution in [-0.2, 0) is 24.3 Å². The van der Waals surface area contributed by atoms with E-state index in [1.807, 2.05) is 29.2 Å². The van der Waals surface area contributed by atoms with Crippen molar-refractivity contribution in [2.24, 2.45) is 0 Å². The normalized spacial score (nSPS) is 13.8. The van der Waals surface area contributed by atoms with Crippen LogP contribution in [-0.4, -0.2) is 29.0 Å². The lowest BCUT2D eigenvalue weighted by molar-refractivity contribution is -0.131. The number of fused-ring (bicyclic) bond motifs is 3. The Hall–Kier alpha value is -2.75. The number of nitrogens with zero attached hydrogens (tertiary/aromatic N) is 2. The average Bonchev–Trinajstić information content (AvgIpc) is 3.00. The van der Waals surface area contributed by atoms with E-state index in [0.717, 1.165) is 24.4 Å². The molecule has 0 atom stereocenters. The van der Waals surface area contributed by atoms with Gasteiger partial charge < -0.3 is 14.2 Å². The Labute approximate surface area is 141 Å². The van der Waals surface area contributed by atoms with Gasteiger partial charge in [-0.25, -0.2) is 0 Å². The predicted molar refractivity (Wildman–Crippen MR) is 94.1 cm³/mol. The number of hydrogen-bond donors (Lipinski definition) is 0. The van der Waals surface area contributed by atoms with Gasteiger partial charge >= 0.3 is 0 Å². The molecule has 0 fully saturated rings. The highest BCUT2D eigenvalue weighted by Crippen LogP contribution is 2.24. The molecule has 1 aliphatic rings. The summed E-state index contributed by atoms with van der Waals surface area (Å²) in [5.74, 6) is 0.991. The zero-order chi connectivity index (χ0) is 16.5. The lowest BCUT2D eigenvalue weighted by Gasteiger charge is -2.29. The number of rotatable bonds is 3. The molecule has 4 rings (SSSR count). The molecule has 1 amide bonds. The predicted octanol–water partition coefficient (Wildman–Crippen LogP) is 3.23. The molecule has 0 saturated carbocycles. The first-order valence-electron chi connectivity index (χ1n) is 8.22. The maximum absolute atomic E-state index is 12.6. The van der Waals surface area contributed by atoms with Gasteiger partial charge in [-0.05, 0) is 35.2 Å². The molecule has 122 valence electrons. The van der Waals surface area contributed by atoms with Gasteiger partial charge in [0.25, 0.3) is 0 Å². The minimum absolute atomic E-state index is 0.177. The summed E-state index contributed by atoms with van der Waals surface area (Å²) in [7, 11) is 1.65. The van der Waals surface area contributed by atoms with Crippen LogP contribution in [0.5, 0.6) is 5.75 Å². The smallest absolute Gasteiger partial charge is 0.227 e. The van der Waals surface area contributed by atoms with Crippen LogP contribution in [0.4, 0.5) is 0 Å². The van der Waals surface area contributed by atoms with E-state index in [1.165, 1.54) is 16.6 Å². The third-order valence-electron chi connectivity index (χ3n) is 4.71. The van der Waals surface area contributed by atoms with Gasteiger partial charge in [0.05, 0.1) is 20.1 Å². The number of benzene rings is 2. The molecule has 1 aliphatic heterocycles. The molecular formula is C20H20N2O2. The highest BCUT2D eigenvalue weighted by molar-refractivity contribution is 5.83. The van der Waals surface area contributed by atoms with Gasteiger partial charge in [-0.2, -0.15) is 0 Å². The molecule has 0 aliphatic carbocycles. The van der Waals surface area contributed by atoms with Crippen molar-refractivity contribution in [1.29, 1.82) is 0 Å². The highest BCUT2D eigenvalue weighted by atomic mass is 16.5. The van der Waals surface area contributed by atoms with Crippen LogP contribution in [0.3, 0.4) is 0 Å². The fraction of sp³-hybridized carbons (Fsp3) is 0.250. The fourth-order valence-corrected chi connectivity index (χ4v) is 3.40. The van der Waals surface area contributed by atoms with Gasteiger partial charge in [-0.15, -0.1) is 0 Å². The molecule has 2 heterocycles. The number of carbonyl (C=O) groups excluding carboxylic acids is 1. The lowest BCUT2D eigenvalue weighted by atomic mass is 10.1. The lowest BCUT2D eigenvalue weighted by Crippen LogP contribution is -2.38. The third kappa shape index (κ3) is 2.64. The van der Waals surface area contributed by atoms with Crippen LogP contribution in [0.15, 0.2) is 54.6 Å². The molecule has 1 aromatic heterocycles. The number of para-hydroxylation sites is 1. The van der Waals surface area contributed by atoms with Crippen molar-refractivity contribution in [1.82, 2.24) is 9.47 Å². The first-order valence-corrected chi connectivity index (χ1v) is 8.22. The molecule has 4 heteroatoms. The summed E-state index contributed by atoms with van der Waals surface area (Å²) in [5, 5.41) is 1.25. The van der Waals surface area contributed by atoms with Crippen LogP contribution in [0.2, 0.25) is 0 Å². The number of carbonyl (C=O) groups is 1. The molecule has 0 unspecified atom stereocenters. The highest BCUT2D eigenvalue weighted by Gasteiger charge is 2.22. The molecule has 0 bridgehead atoms. The Morgan fingerprint density at radius 2 is 1.88 bits per heavy atom. The van der Waals surface area contributed by atoms with Crippen LogP contribution in [0.1, 0.15) is 11.3 Å². The van der Waals surface area contributed by atoms with Gasteiger partial charge in [0.2, 0.25) is 5.91 Å². The van der Waals surface area contributed by atoms with Gasteiger partial charge in [0.1, 0.15) is 5.75 Å². The van der Waals surface area contributed by atoms with Crippen LogP contribution in [0.25, 0.3) is 10.9 Å². The van der Waals surface area contributed by atoms with Crippen LogP contribution < -0.4 is 4.74 Å². The van der Waals surface area contributed by atoms with Gasteiger partial charge in [0, 0.05) is 24.3 Å². The second-order valence-electron chi connectivity index (χ2n) is 6.19. The summed E-state index contributed by atoms with van der Waals surface area (Å²) >= 11 is 0. The molecule has 0 spiro atoms. The van der Waals surface area contributed by atoms with E-state index < -0.39 is 0 Å². The van der Waals surface area contributed by atoms with E-state index in [2.05, 4.69) is 34.9 Å². The number of methoxy groups -OCH3 is 1. The van der Waals surface area contributed by atoms with Crippen molar-refractivity contribution in [2.75, 3.05) is 13.7 Å². The first kappa shape index (κ1) is 14.8. The van der Waals surface area contributed by atoms with E-state index >= 15 is 0 Å². The molecule has 24 heavy (non-hydrogen) atoms. The Bertz CT molecular complexity index is 880. The summed E-state index contributed by atoms with van der Waals surface area (Å²) in [4.78, 5) is 14.6. The van der Waals surface area contributed by atoms with E-state index in [0.29, 0.717) is 13.0 Å². The quantitative estimate of drug-likeness (QED) is 0.742. The topological polar surface area (TPSA) is 34.5 Å². The summed E-state index contributed by atoms with van der Waals surface area (Å²) in [6.07, 6.45) is 0.435. The van der Waals surface area contributed by atoms with Gasteiger partial charge in [0.15, 0.2) is 0 Å². The summed E-state index contributed by atoms with van der Waals surface area (Å²) < 4.78 is 7.49. The minimum Gasteiger partial charge on any atom is -0.497 e. The minimum atomic E-state index is 0.177. The van der Waals surface area contributed by atoms with Crippen molar-refractivity contribution in [3.8, 4) is 5.75 Å². The molecule has 3 aromatic rings. The fourth-order valence-electron chi connectivity index (χ4n) is 3.40. The first-order chi connectivity index (χ1) is 11.7. The Kier molecular flexibility index (Phi) is 3.73. The van der Waals surface area contributed by atoms with E-state index in [1.54, 1.807) is 7.11 Å². The number of hydrogen-bond acceptors (Lipinski definition) is 2. The molecule has 2 aromatic carbocycles. The monoisotopic (exact) mass is 320 g/mol. The van der Waals surface area contributed by atoms with Crippen molar-refractivity contribution in [3.05, 3.63) is 65.9 Å². The Balaban J connectivity index is 1.50. The van der Waals surface area contributed by atoms with Crippen molar-refractivity contribution < 1.29 is 9.53 Å². The van der Waals surface area contributed by atoms with Crippen molar-refractivity contribution in [2.45, 2.75) is 19.5 Å². The molecule has 0 saturated heterocycles.